The number of carboxylic acid groups (broad SMARTS) is 1. The molecule has 116 valence electrons. The number of carbonyl (C=O) groups is 2. The summed E-state index contributed by atoms with van der Waals surface area (Å²) in [5, 5.41) is 14.2. The second kappa shape index (κ2) is 7.61. The molecule has 1 rings (SSSR count). The van der Waals surface area contributed by atoms with E-state index in [0.717, 1.165) is 0 Å². The third-order valence-electron chi connectivity index (χ3n) is 3.05. The molecule has 21 heavy (non-hydrogen) atoms. The van der Waals surface area contributed by atoms with E-state index in [4.69, 9.17) is 5.11 Å². The Balaban J connectivity index is 2.54. The maximum atomic E-state index is 13.0. The number of hydrogen-bond donors (Lipinski definition) is 3. The molecule has 0 saturated heterocycles. The number of anilines is 1. The summed E-state index contributed by atoms with van der Waals surface area (Å²) < 4.78 is 13.0. The van der Waals surface area contributed by atoms with Gasteiger partial charge in [0.25, 0.3) is 0 Å². The number of amides is 2. The molecule has 1 aromatic carbocycles. The number of benzene rings is 1. The molecule has 0 saturated carbocycles. The molecular formula is C15H21FN2O3. The number of aryl methyl sites for hydroxylation is 1. The molecule has 5 nitrogen and oxygen atoms in total. The summed E-state index contributed by atoms with van der Waals surface area (Å²) in [5.41, 5.74) is 1.09. The summed E-state index contributed by atoms with van der Waals surface area (Å²) in [5.74, 6) is -1.69. The van der Waals surface area contributed by atoms with Crippen LogP contribution in [0, 0.1) is 24.6 Å². The molecule has 0 aliphatic carbocycles. The number of nitrogens with one attached hydrogen (secondary N) is 2. The zero-order chi connectivity index (χ0) is 16.0. The molecule has 0 heterocycles. The molecule has 0 fully saturated rings. The lowest BCUT2D eigenvalue weighted by atomic mass is 9.97. The fourth-order valence-electron chi connectivity index (χ4n) is 1.99. The predicted molar refractivity (Wildman–Crippen MR) is 78.7 cm³/mol. The number of carbonyl (C=O) groups excluding carboxylic acids is 1. The normalized spacial score (nSPS) is 12.0. The number of aliphatic carboxylic acids is 1. The van der Waals surface area contributed by atoms with Gasteiger partial charge in [-0.1, -0.05) is 13.8 Å². The largest absolute Gasteiger partial charge is 0.481 e. The fraction of sp³-hybridized carbons (Fsp3) is 0.467. The Morgan fingerprint density at radius 1 is 1.33 bits per heavy atom. The van der Waals surface area contributed by atoms with Crippen molar-refractivity contribution in [3.05, 3.63) is 29.6 Å². The van der Waals surface area contributed by atoms with Crippen molar-refractivity contribution in [2.45, 2.75) is 27.2 Å². The highest BCUT2D eigenvalue weighted by molar-refractivity contribution is 5.90. The van der Waals surface area contributed by atoms with Gasteiger partial charge < -0.3 is 15.7 Å². The average molecular weight is 296 g/mol. The van der Waals surface area contributed by atoms with Crippen molar-refractivity contribution in [2.75, 3.05) is 11.9 Å². The van der Waals surface area contributed by atoms with Crippen LogP contribution >= 0.6 is 0 Å². The van der Waals surface area contributed by atoms with Gasteiger partial charge in [0.1, 0.15) is 5.82 Å². The zero-order valence-electron chi connectivity index (χ0n) is 12.4. The number of carboxylic acids is 1. The highest BCUT2D eigenvalue weighted by atomic mass is 19.1. The van der Waals surface area contributed by atoms with E-state index in [2.05, 4.69) is 10.6 Å². The molecule has 3 N–H and O–H groups in total. The van der Waals surface area contributed by atoms with Crippen LogP contribution in [-0.4, -0.2) is 23.7 Å². The minimum Gasteiger partial charge on any atom is -0.481 e. The molecule has 0 aliphatic rings. The van der Waals surface area contributed by atoms with E-state index in [1.165, 1.54) is 18.2 Å². The van der Waals surface area contributed by atoms with Crippen LogP contribution in [0.1, 0.15) is 25.8 Å². The summed E-state index contributed by atoms with van der Waals surface area (Å²) >= 11 is 0. The first-order valence-electron chi connectivity index (χ1n) is 6.83. The molecule has 6 heteroatoms. The maximum Gasteiger partial charge on any atom is 0.319 e. The Bertz CT molecular complexity index is 518. The summed E-state index contributed by atoms with van der Waals surface area (Å²) in [4.78, 5) is 22.8. The monoisotopic (exact) mass is 296 g/mol. The predicted octanol–water partition coefficient (Wildman–Crippen LogP) is 3.00. The van der Waals surface area contributed by atoms with Crippen molar-refractivity contribution < 1.29 is 19.1 Å². The van der Waals surface area contributed by atoms with Gasteiger partial charge in [0.15, 0.2) is 0 Å². The van der Waals surface area contributed by atoms with Crippen molar-refractivity contribution >= 4 is 17.7 Å². The first kappa shape index (κ1) is 16.9. The van der Waals surface area contributed by atoms with E-state index in [-0.39, 0.29) is 18.3 Å². The third kappa shape index (κ3) is 5.81. The van der Waals surface area contributed by atoms with E-state index in [9.17, 15) is 14.0 Å². The highest BCUT2D eigenvalue weighted by Crippen LogP contribution is 2.15. The topological polar surface area (TPSA) is 78.4 Å². The Labute approximate surface area is 123 Å². The van der Waals surface area contributed by atoms with Gasteiger partial charge in [0, 0.05) is 12.2 Å². The van der Waals surface area contributed by atoms with Gasteiger partial charge in [-0.05, 0) is 43.0 Å². The molecule has 0 radical (unpaired) electrons. The van der Waals surface area contributed by atoms with Gasteiger partial charge >= 0.3 is 12.0 Å². The molecule has 1 aromatic rings. The Kier molecular flexibility index (Phi) is 6.14. The summed E-state index contributed by atoms with van der Waals surface area (Å²) in [6.07, 6.45) is 0.491. The second-order valence-electron chi connectivity index (χ2n) is 5.46. The van der Waals surface area contributed by atoms with Crippen LogP contribution in [0.2, 0.25) is 0 Å². The molecule has 0 aliphatic heterocycles. The first-order valence-corrected chi connectivity index (χ1v) is 6.83. The zero-order valence-corrected chi connectivity index (χ0v) is 12.4. The smallest absolute Gasteiger partial charge is 0.319 e. The summed E-state index contributed by atoms with van der Waals surface area (Å²) in [7, 11) is 0. The SMILES string of the molecule is Cc1cc(F)ccc1NC(=O)NCC(CC(C)C)C(=O)O. The Morgan fingerprint density at radius 2 is 2.00 bits per heavy atom. The van der Waals surface area contributed by atoms with Gasteiger partial charge in [-0.3, -0.25) is 4.79 Å². The van der Waals surface area contributed by atoms with Crippen LogP contribution in [0.5, 0.6) is 0 Å². The summed E-state index contributed by atoms with van der Waals surface area (Å²) in [6.45, 7) is 5.59. The minimum atomic E-state index is -0.929. The molecule has 0 aromatic heterocycles. The van der Waals surface area contributed by atoms with E-state index in [0.29, 0.717) is 17.7 Å². The van der Waals surface area contributed by atoms with Gasteiger partial charge in [0.2, 0.25) is 0 Å². The molecule has 0 spiro atoms. The van der Waals surface area contributed by atoms with Gasteiger partial charge in [0.05, 0.1) is 5.92 Å². The quantitative estimate of drug-likeness (QED) is 0.755. The second-order valence-corrected chi connectivity index (χ2v) is 5.46. The fourth-order valence-corrected chi connectivity index (χ4v) is 1.99. The lowest BCUT2D eigenvalue weighted by Crippen LogP contribution is -2.36. The van der Waals surface area contributed by atoms with E-state index >= 15 is 0 Å². The molecule has 0 bridgehead atoms. The van der Waals surface area contributed by atoms with Crippen LogP contribution in [0.3, 0.4) is 0 Å². The number of urea groups is 1. The molecule has 1 unspecified atom stereocenters. The lowest BCUT2D eigenvalue weighted by Gasteiger charge is -2.16. The van der Waals surface area contributed by atoms with Crippen molar-refractivity contribution in [3.8, 4) is 0 Å². The van der Waals surface area contributed by atoms with Gasteiger partial charge in [-0.15, -0.1) is 0 Å². The van der Waals surface area contributed by atoms with Crippen molar-refractivity contribution in [1.82, 2.24) is 5.32 Å². The average Bonchev–Trinajstić information content (AvgIpc) is 2.37. The van der Waals surface area contributed by atoms with Gasteiger partial charge in [-0.25, -0.2) is 9.18 Å². The third-order valence-corrected chi connectivity index (χ3v) is 3.05. The van der Waals surface area contributed by atoms with E-state index < -0.39 is 17.9 Å². The van der Waals surface area contributed by atoms with Crippen molar-refractivity contribution in [2.24, 2.45) is 11.8 Å². The number of halogens is 1. The van der Waals surface area contributed by atoms with Gasteiger partial charge in [-0.2, -0.15) is 0 Å². The van der Waals surface area contributed by atoms with Crippen LogP contribution in [0.4, 0.5) is 14.9 Å². The van der Waals surface area contributed by atoms with Crippen molar-refractivity contribution in [3.63, 3.8) is 0 Å². The standard InChI is InChI=1S/C15H21FN2O3/c1-9(2)6-11(14(19)20)8-17-15(21)18-13-5-4-12(16)7-10(13)3/h4-5,7,9,11H,6,8H2,1-3H3,(H,19,20)(H2,17,18,21). The molecule has 1 atom stereocenters. The van der Waals surface area contributed by atoms with Crippen LogP contribution in [-0.2, 0) is 4.79 Å². The maximum absolute atomic E-state index is 13.0. The van der Waals surface area contributed by atoms with E-state index in [1.807, 2.05) is 13.8 Å². The lowest BCUT2D eigenvalue weighted by molar-refractivity contribution is -0.142. The molecule has 2 amide bonds. The van der Waals surface area contributed by atoms with Crippen LogP contribution in [0.25, 0.3) is 0 Å². The summed E-state index contributed by atoms with van der Waals surface area (Å²) in [6, 6.07) is 3.53. The number of rotatable bonds is 6. The highest BCUT2D eigenvalue weighted by Gasteiger charge is 2.19. The van der Waals surface area contributed by atoms with Crippen LogP contribution in [0.15, 0.2) is 18.2 Å². The number of hydrogen-bond acceptors (Lipinski definition) is 2. The Morgan fingerprint density at radius 3 is 2.52 bits per heavy atom. The van der Waals surface area contributed by atoms with Crippen LogP contribution < -0.4 is 10.6 Å². The molecular weight excluding hydrogens is 275 g/mol. The Hall–Kier alpha value is -2.11. The first-order chi connectivity index (χ1) is 9.79. The van der Waals surface area contributed by atoms with E-state index in [1.54, 1.807) is 6.92 Å². The van der Waals surface area contributed by atoms with Crippen molar-refractivity contribution in [1.29, 1.82) is 0 Å². The minimum absolute atomic E-state index is 0.0551.